The van der Waals surface area contributed by atoms with Crippen molar-refractivity contribution in [2.24, 2.45) is 28.6 Å². The first-order chi connectivity index (χ1) is 16.4. The lowest BCUT2D eigenvalue weighted by Crippen LogP contribution is -2.63. The molecule has 0 saturated heterocycles. The fraction of sp³-hybridized carbons (Fsp3) is 0.704. The Morgan fingerprint density at radius 1 is 1.06 bits per heavy atom. The van der Waals surface area contributed by atoms with Crippen LogP contribution in [-0.4, -0.2) is 47.1 Å². The minimum absolute atomic E-state index is 0.00282. The number of esters is 3. The van der Waals surface area contributed by atoms with Crippen LogP contribution >= 0.6 is 0 Å². The van der Waals surface area contributed by atoms with Crippen molar-refractivity contribution >= 4 is 23.7 Å². The molecule has 0 aromatic heterocycles. The Bertz CT molecular complexity index is 1010. The Kier molecular flexibility index (Phi) is 6.49. The molecule has 35 heavy (non-hydrogen) atoms. The van der Waals surface area contributed by atoms with Crippen LogP contribution < -0.4 is 0 Å². The molecule has 2 fully saturated rings. The molecular weight excluding hydrogens is 452 g/mol. The van der Waals surface area contributed by atoms with Gasteiger partial charge in [-0.1, -0.05) is 19.9 Å². The highest BCUT2D eigenvalue weighted by atomic mass is 16.6. The van der Waals surface area contributed by atoms with Crippen molar-refractivity contribution in [3.8, 4) is 0 Å². The predicted molar refractivity (Wildman–Crippen MR) is 124 cm³/mol. The van der Waals surface area contributed by atoms with Crippen LogP contribution in [0.25, 0.3) is 0 Å². The fourth-order valence-electron chi connectivity index (χ4n) is 8.03. The molecule has 0 aromatic carbocycles. The van der Waals surface area contributed by atoms with Gasteiger partial charge >= 0.3 is 17.9 Å². The van der Waals surface area contributed by atoms with E-state index in [1.165, 1.54) is 20.8 Å². The highest BCUT2D eigenvalue weighted by Gasteiger charge is 2.70. The summed E-state index contributed by atoms with van der Waals surface area (Å²) in [5.74, 6) is -1.02. The summed E-state index contributed by atoms with van der Waals surface area (Å²) >= 11 is 0. The molecule has 8 heteroatoms. The molecule has 2 saturated carbocycles. The molecule has 0 radical (unpaired) electrons. The van der Waals surface area contributed by atoms with Gasteiger partial charge in [-0.25, -0.2) is 0 Å². The minimum Gasteiger partial charge on any atom is -0.462 e. The van der Waals surface area contributed by atoms with Crippen LogP contribution in [0.1, 0.15) is 73.1 Å². The van der Waals surface area contributed by atoms with Gasteiger partial charge < -0.3 is 19.3 Å². The second-order valence-electron chi connectivity index (χ2n) is 11.1. The number of carbonyl (C=O) groups is 4. The van der Waals surface area contributed by atoms with Crippen molar-refractivity contribution < 1.29 is 38.5 Å². The van der Waals surface area contributed by atoms with Crippen LogP contribution in [0.15, 0.2) is 23.5 Å². The third-order valence-corrected chi connectivity index (χ3v) is 9.27. The standard InChI is InChI=1S/C27H36O8/c1-15(29)33-19-8-10-25(4)18(12-19)6-7-20-21-9-11-27(23(32)14-28,35-17(3)31)26(21,5)13-22(24(20)25)34-16(2)30/h6,12,20-22,24,28H,7-11,13-14H2,1-5H3/t20-,21-,22-,24+,25-,26-,27-/m0/s1. The maximum Gasteiger partial charge on any atom is 0.307 e. The zero-order valence-electron chi connectivity index (χ0n) is 21.2. The number of allylic oxidation sites excluding steroid dienone is 4. The van der Waals surface area contributed by atoms with Gasteiger partial charge in [-0.2, -0.15) is 0 Å². The number of hydrogen-bond acceptors (Lipinski definition) is 8. The molecule has 1 N–H and O–H groups in total. The Hall–Kier alpha value is -2.48. The first-order valence-electron chi connectivity index (χ1n) is 12.5. The van der Waals surface area contributed by atoms with E-state index in [1.54, 1.807) is 0 Å². The number of hydrogen-bond donors (Lipinski definition) is 1. The van der Waals surface area contributed by atoms with Crippen molar-refractivity contribution in [3.63, 3.8) is 0 Å². The molecule has 4 aliphatic carbocycles. The topological polar surface area (TPSA) is 116 Å². The van der Waals surface area contributed by atoms with Gasteiger partial charge in [0, 0.05) is 38.5 Å². The van der Waals surface area contributed by atoms with Crippen LogP contribution in [0.4, 0.5) is 0 Å². The fourth-order valence-corrected chi connectivity index (χ4v) is 8.03. The van der Waals surface area contributed by atoms with E-state index in [4.69, 9.17) is 14.2 Å². The van der Waals surface area contributed by atoms with Gasteiger partial charge in [0.25, 0.3) is 0 Å². The molecule has 0 amide bonds. The second kappa shape index (κ2) is 8.87. The number of carbonyl (C=O) groups excluding carboxylic acids is 4. The first-order valence-corrected chi connectivity index (χ1v) is 12.5. The Morgan fingerprint density at radius 2 is 1.77 bits per heavy atom. The maximum absolute atomic E-state index is 13.1. The molecule has 0 heterocycles. The smallest absolute Gasteiger partial charge is 0.307 e. The highest BCUT2D eigenvalue weighted by molar-refractivity contribution is 5.92. The Balaban J connectivity index is 1.80. The number of Topliss-reactive ketones (excluding diaryl/α,β-unsaturated/α-hetero) is 1. The van der Waals surface area contributed by atoms with E-state index >= 15 is 0 Å². The van der Waals surface area contributed by atoms with Crippen LogP contribution in [0.2, 0.25) is 0 Å². The number of aliphatic hydroxyl groups is 1. The number of rotatable bonds is 5. The van der Waals surface area contributed by atoms with Gasteiger partial charge in [-0.3, -0.25) is 19.2 Å². The van der Waals surface area contributed by atoms with Crippen LogP contribution in [0.3, 0.4) is 0 Å². The average Bonchev–Trinajstić information content (AvgIpc) is 3.04. The number of fused-ring (bicyclic) bond motifs is 5. The van der Waals surface area contributed by atoms with Gasteiger partial charge in [-0.15, -0.1) is 0 Å². The summed E-state index contributed by atoms with van der Waals surface area (Å²) in [7, 11) is 0. The van der Waals surface area contributed by atoms with E-state index in [2.05, 4.69) is 13.0 Å². The van der Waals surface area contributed by atoms with Crippen molar-refractivity contribution in [1.29, 1.82) is 0 Å². The van der Waals surface area contributed by atoms with Crippen LogP contribution in [-0.2, 0) is 33.4 Å². The molecule has 7 atom stereocenters. The van der Waals surface area contributed by atoms with Gasteiger partial charge in [-0.05, 0) is 61.0 Å². The first kappa shape index (κ1) is 25.6. The van der Waals surface area contributed by atoms with Crippen LogP contribution in [0, 0.1) is 28.6 Å². The molecule has 0 spiro atoms. The van der Waals surface area contributed by atoms with Crippen molar-refractivity contribution in [3.05, 3.63) is 23.5 Å². The lowest BCUT2D eigenvalue weighted by Gasteiger charge is -2.60. The quantitative estimate of drug-likeness (QED) is 0.462. The zero-order valence-corrected chi connectivity index (χ0v) is 21.2. The monoisotopic (exact) mass is 488 g/mol. The Morgan fingerprint density at radius 3 is 2.37 bits per heavy atom. The summed E-state index contributed by atoms with van der Waals surface area (Å²) in [5, 5.41) is 9.83. The average molecular weight is 489 g/mol. The molecule has 0 aliphatic heterocycles. The summed E-state index contributed by atoms with van der Waals surface area (Å²) in [4.78, 5) is 49.0. The second-order valence-corrected chi connectivity index (χ2v) is 11.1. The summed E-state index contributed by atoms with van der Waals surface area (Å²) < 4.78 is 17.1. The third kappa shape index (κ3) is 3.94. The van der Waals surface area contributed by atoms with E-state index in [9.17, 15) is 24.3 Å². The predicted octanol–water partition coefficient (Wildman–Crippen LogP) is 3.41. The van der Waals surface area contributed by atoms with E-state index in [0.29, 0.717) is 37.9 Å². The summed E-state index contributed by atoms with van der Waals surface area (Å²) in [6, 6.07) is 0. The molecule has 0 aromatic rings. The Labute approximate surface area is 206 Å². The normalized spacial score (nSPS) is 39.7. The maximum atomic E-state index is 13.1. The molecule has 8 nitrogen and oxygen atoms in total. The highest BCUT2D eigenvalue weighted by Crippen LogP contribution is 2.68. The molecule has 192 valence electrons. The lowest BCUT2D eigenvalue weighted by molar-refractivity contribution is -0.205. The van der Waals surface area contributed by atoms with E-state index in [1.807, 2.05) is 13.0 Å². The third-order valence-electron chi connectivity index (χ3n) is 9.27. The molecule has 0 unspecified atom stereocenters. The van der Waals surface area contributed by atoms with Gasteiger partial charge in [0.05, 0.1) is 0 Å². The minimum atomic E-state index is -1.44. The largest absolute Gasteiger partial charge is 0.462 e. The van der Waals surface area contributed by atoms with Crippen molar-refractivity contribution in [1.82, 2.24) is 0 Å². The van der Waals surface area contributed by atoms with Gasteiger partial charge in [0.2, 0.25) is 5.78 Å². The molecule has 4 aliphatic rings. The van der Waals surface area contributed by atoms with E-state index in [0.717, 1.165) is 12.0 Å². The number of ether oxygens (including phenoxy) is 3. The van der Waals surface area contributed by atoms with Crippen molar-refractivity contribution in [2.45, 2.75) is 84.8 Å². The van der Waals surface area contributed by atoms with Crippen LogP contribution in [0.5, 0.6) is 0 Å². The number of aliphatic hydroxyl groups excluding tert-OH is 1. The van der Waals surface area contributed by atoms with Crippen molar-refractivity contribution in [2.75, 3.05) is 6.61 Å². The molecular formula is C27H36O8. The lowest BCUT2D eigenvalue weighted by atomic mass is 9.46. The molecule has 4 rings (SSSR count). The zero-order chi connectivity index (χ0) is 25.8. The van der Waals surface area contributed by atoms with E-state index < -0.39 is 41.4 Å². The van der Waals surface area contributed by atoms with E-state index in [-0.39, 0.29) is 29.1 Å². The van der Waals surface area contributed by atoms with Gasteiger partial charge in [0.1, 0.15) is 18.5 Å². The SMILES string of the molecule is CC(=O)OC1=CC2=CC[C@@H]3[C@H]([C@@H](OC(C)=O)C[C@@]4(C)[C@H]3CC[C@]4(OC(C)=O)C(=O)CO)[C@@]2(C)CC1. The number of ketones is 1. The summed E-state index contributed by atoms with van der Waals surface area (Å²) in [6.45, 7) is 7.48. The summed E-state index contributed by atoms with van der Waals surface area (Å²) in [5.41, 5.74) is -1.45. The summed E-state index contributed by atoms with van der Waals surface area (Å²) in [6.07, 6.45) is 7.07. The molecule has 0 bridgehead atoms. The van der Waals surface area contributed by atoms with Gasteiger partial charge in [0.15, 0.2) is 5.60 Å².